The molecule has 0 spiro atoms. The Bertz CT molecular complexity index is 374. The van der Waals surface area contributed by atoms with E-state index in [2.05, 4.69) is 5.32 Å². The SMILES string of the molecule is Fc1cc(C2CNC2)c(F)c(F)c1F. The Balaban J connectivity index is 2.49. The van der Waals surface area contributed by atoms with Gasteiger partial charge in [-0.25, -0.2) is 17.6 Å². The van der Waals surface area contributed by atoms with E-state index in [1.807, 2.05) is 0 Å². The van der Waals surface area contributed by atoms with Crippen LogP contribution in [-0.2, 0) is 0 Å². The van der Waals surface area contributed by atoms with Crippen molar-refractivity contribution in [3.8, 4) is 0 Å². The summed E-state index contributed by atoms with van der Waals surface area (Å²) in [5.74, 6) is -6.37. The van der Waals surface area contributed by atoms with Crippen LogP contribution >= 0.6 is 0 Å². The number of halogens is 4. The fraction of sp³-hybridized carbons (Fsp3) is 0.333. The third-order valence-electron chi connectivity index (χ3n) is 2.35. The van der Waals surface area contributed by atoms with E-state index in [1.54, 1.807) is 0 Å². The largest absolute Gasteiger partial charge is 0.315 e. The Kier molecular flexibility index (Phi) is 2.19. The molecule has 1 N–H and O–H groups in total. The number of hydrogen-bond donors (Lipinski definition) is 1. The maximum atomic E-state index is 13.1. The predicted octanol–water partition coefficient (Wildman–Crippen LogP) is 1.93. The van der Waals surface area contributed by atoms with E-state index in [9.17, 15) is 17.6 Å². The Labute approximate surface area is 77.7 Å². The van der Waals surface area contributed by atoms with Gasteiger partial charge in [-0.3, -0.25) is 0 Å². The van der Waals surface area contributed by atoms with E-state index < -0.39 is 23.3 Å². The standard InChI is InChI=1S/C9H7F4N/c10-6-1-5(4-2-14-3-4)7(11)9(13)8(6)12/h1,4,14H,2-3H2. The van der Waals surface area contributed by atoms with E-state index in [1.165, 1.54) is 0 Å². The Hall–Kier alpha value is -1.10. The Morgan fingerprint density at radius 1 is 1.00 bits per heavy atom. The Morgan fingerprint density at radius 2 is 1.64 bits per heavy atom. The van der Waals surface area contributed by atoms with Crippen LogP contribution in [0.5, 0.6) is 0 Å². The van der Waals surface area contributed by atoms with Crippen LogP contribution in [0, 0.1) is 23.3 Å². The lowest BCUT2D eigenvalue weighted by atomic mass is 9.93. The van der Waals surface area contributed by atoms with E-state index in [-0.39, 0.29) is 11.5 Å². The molecule has 14 heavy (non-hydrogen) atoms. The van der Waals surface area contributed by atoms with E-state index >= 15 is 0 Å². The molecule has 1 saturated heterocycles. The molecule has 0 radical (unpaired) electrons. The summed E-state index contributed by atoms with van der Waals surface area (Å²) in [6, 6.07) is 0.721. The molecule has 1 fully saturated rings. The molecule has 0 amide bonds. The zero-order chi connectivity index (χ0) is 10.3. The molecular weight excluding hydrogens is 198 g/mol. The second-order valence-electron chi connectivity index (χ2n) is 3.24. The van der Waals surface area contributed by atoms with E-state index in [0.717, 1.165) is 6.07 Å². The van der Waals surface area contributed by atoms with Gasteiger partial charge >= 0.3 is 0 Å². The first-order valence-corrected chi connectivity index (χ1v) is 4.15. The van der Waals surface area contributed by atoms with Gasteiger partial charge in [0, 0.05) is 19.0 Å². The van der Waals surface area contributed by atoms with Crippen molar-refractivity contribution in [2.75, 3.05) is 13.1 Å². The third kappa shape index (κ3) is 1.28. The van der Waals surface area contributed by atoms with Crippen molar-refractivity contribution >= 4 is 0 Å². The first-order chi connectivity index (χ1) is 6.61. The maximum absolute atomic E-state index is 13.1. The van der Waals surface area contributed by atoms with Crippen molar-refractivity contribution in [2.45, 2.75) is 5.92 Å². The first-order valence-electron chi connectivity index (χ1n) is 4.15. The van der Waals surface area contributed by atoms with E-state index in [4.69, 9.17) is 0 Å². The summed E-state index contributed by atoms with van der Waals surface area (Å²) in [5, 5.41) is 2.84. The lowest BCUT2D eigenvalue weighted by Gasteiger charge is -2.27. The topological polar surface area (TPSA) is 12.0 Å². The average molecular weight is 205 g/mol. The summed E-state index contributed by atoms with van der Waals surface area (Å²) in [6.45, 7) is 0.920. The lowest BCUT2D eigenvalue weighted by Crippen LogP contribution is -2.40. The highest BCUT2D eigenvalue weighted by Gasteiger charge is 2.27. The predicted molar refractivity (Wildman–Crippen MR) is 41.9 cm³/mol. The quantitative estimate of drug-likeness (QED) is 0.419. The average Bonchev–Trinajstić information content (AvgIpc) is 2.08. The van der Waals surface area contributed by atoms with Crippen molar-refractivity contribution in [2.24, 2.45) is 0 Å². The summed E-state index contributed by atoms with van der Waals surface area (Å²) in [4.78, 5) is 0. The summed E-state index contributed by atoms with van der Waals surface area (Å²) in [5.41, 5.74) is -0.0971. The van der Waals surface area contributed by atoms with Gasteiger partial charge in [0.25, 0.3) is 0 Å². The minimum absolute atomic E-state index is 0.0971. The van der Waals surface area contributed by atoms with Crippen LogP contribution in [-0.4, -0.2) is 13.1 Å². The van der Waals surface area contributed by atoms with Gasteiger partial charge in [0.05, 0.1) is 0 Å². The Morgan fingerprint density at radius 3 is 2.14 bits per heavy atom. The van der Waals surface area contributed by atoms with Crippen LogP contribution in [0.1, 0.15) is 11.5 Å². The van der Waals surface area contributed by atoms with Gasteiger partial charge in [0.2, 0.25) is 0 Å². The zero-order valence-electron chi connectivity index (χ0n) is 7.08. The zero-order valence-corrected chi connectivity index (χ0v) is 7.08. The molecule has 1 heterocycles. The normalized spacial score (nSPS) is 16.9. The fourth-order valence-corrected chi connectivity index (χ4v) is 1.40. The minimum Gasteiger partial charge on any atom is -0.315 e. The monoisotopic (exact) mass is 205 g/mol. The highest BCUT2D eigenvalue weighted by atomic mass is 19.2. The van der Waals surface area contributed by atoms with Crippen LogP contribution in [0.2, 0.25) is 0 Å². The van der Waals surface area contributed by atoms with E-state index in [0.29, 0.717) is 13.1 Å². The second kappa shape index (κ2) is 3.24. The molecule has 0 aliphatic carbocycles. The van der Waals surface area contributed by atoms with Crippen LogP contribution in [0.15, 0.2) is 6.07 Å². The molecule has 5 heteroatoms. The highest BCUT2D eigenvalue weighted by Crippen LogP contribution is 2.27. The summed E-state index contributed by atoms with van der Waals surface area (Å²) >= 11 is 0. The first kappa shape index (κ1) is 9.45. The molecule has 1 nitrogen and oxygen atoms in total. The van der Waals surface area contributed by atoms with Gasteiger partial charge < -0.3 is 5.32 Å². The van der Waals surface area contributed by atoms with Crippen LogP contribution in [0.3, 0.4) is 0 Å². The van der Waals surface area contributed by atoms with Gasteiger partial charge in [-0.15, -0.1) is 0 Å². The molecule has 76 valence electrons. The smallest absolute Gasteiger partial charge is 0.197 e. The molecule has 0 bridgehead atoms. The molecule has 1 aliphatic heterocycles. The van der Waals surface area contributed by atoms with Crippen molar-refractivity contribution in [3.63, 3.8) is 0 Å². The number of benzene rings is 1. The number of hydrogen-bond acceptors (Lipinski definition) is 1. The van der Waals surface area contributed by atoms with Gasteiger partial charge in [-0.1, -0.05) is 0 Å². The molecule has 1 aromatic rings. The molecule has 0 unspecified atom stereocenters. The third-order valence-corrected chi connectivity index (χ3v) is 2.35. The maximum Gasteiger partial charge on any atom is 0.197 e. The summed E-state index contributed by atoms with van der Waals surface area (Å²) in [7, 11) is 0. The van der Waals surface area contributed by atoms with Gasteiger partial charge in [-0.2, -0.15) is 0 Å². The van der Waals surface area contributed by atoms with Gasteiger partial charge in [0.1, 0.15) is 0 Å². The van der Waals surface area contributed by atoms with Gasteiger partial charge in [-0.05, 0) is 11.6 Å². The van der Waals surface area contributed by atoms with Crippen molar-refractivity contribution in [3.05, 3.63) is 34.9 Å². The molecule has 0 aromatic heterocycles. The van der Waals surface area contributed by atoms with Gasteiger partial charge in [0.15, 0.2) is 23.3 Å². The molecule has 2 rings (SSSR count). The molecular formula is C9H7F4N. The summed E-state index contributed by atoms with van der Waals surface area (Å²) in [6.07, 6.45) is 0. The second-order valence-corrected chi connectivity index (χ2v) is 3.24. The van der Waals surface area contributed by atoms with Crippen molar-refractivity contribution in [1.82, 2.24) is 5.32 Å². The molecule has 1 aliphatic rings. The minimum atomic E-state index is -1.75. The molecule has 1 aromatic carbocycles. The van der Waals surface area contributed by atoms with Crippen LogP contribution in [0.4, 0.5) is 17.6 Å². The fourth-order valence-electron chi connectivity index (χ4n) is 1.40. The van der Waals surface area contributed by atoms with Crippen LogP contribution < -0.4 is 5.32 Å². The summed E-state index contributed by atoms with van der Waals surface area (Å²) < 4.78 is 51.2. The van der Waals surface area contributed by atoms with Crippen molar-refractivity contribution in [1.29, 1.82) is 0 Å². The van der Waals surface area contributed by atoms with Crippen molar-refractivity contribution < 1.29 is 17.6 Å². The number of rotatable bonds is 1. The molecule has 0 saturated carbocycles. The lowest BCUT2D eigenvalue weighted by molar-refractivity contribution is 0.379. The highest BCUT2D eigenvalue weighted by molar-refractivity contribution is 5.27. The van der Waals surface area contributed by atoms with Crippen LogP contribution in [0.25, 0.3) is 0 Å². The molecule has 0 atom stereocenters. The number of nitrogens with one attached hydrogen (secondary N) is 1.